The zero-order valence-corrected chi connectivity index (χ0v) is 31.4. The van der Waals surface area contributed by atoms with Gasteiger partial charge in [0.15, 0.2) is 5.13 Å². The largest absolute Gasteiger partial charge is 0.507 e. The van der Waals surface area contributed by atoms with Crippen LogP contribution in [0.3, 0.4) is 0 Å². The average Bonchev–Trinajstić information content (AvgIpc) is 3.45. The third-order valence-electron chi connectivity index (χ3n) is 7.53. The van der Waals surface area contributed by atoms with Crippen LogP contribution in [0.1, 0.15) is 115 Å². The molecular formula is C36H56ClF3N4O2S. The van der Waals surface area contributed by atoms with E-state index in [0.29, 0.717) is 39.3 Å². The predicted octanol–water partition coefficient (Wildman–Crippen LogP) is 10.9. The Morgan fingerprint density at radius 2 is 1.62 bits per heavy atom. The summed E-state index contributed by atoms with van der Waals surface area (Å²) < 4.78 is 40.1. The van der Waals surface area contributed by atoms with Crippen molar-refractivity contribution < 1.29 is 23.1 Å². The number of aryl methyl sites for hydroxylation is 1. The molecule has 1 amide bonds. The highest BCUT2D eigenvalue weighted by atomic mass is 35.5. The van der Waals surface area contributed by atoms with Crippen LogP contribution in [0.4, 0.5) is 18.3 Å². The fourth-order valence-corrected chi connectivity index (χ4v) is 5.75. The third-order valence-corrected chi connectivity index (χ3v) is 8.66. The van der Waals surface area contributed by atoms with Crippen molar-refractivity contribution in [2.75, 3.05) is 38.5 Å². The number of nitrogens with zero attached hydrogens (tertiary/aromatic N) is 3. The van der Waals surface area contributed by atoms with E-state index >= 15 is 0 Å². The van der Waals surface area contributed by atoms with Gasteiger partial charge in [-0.05, 0) is 49.2 Å². The zero-order chi connectivity index (χ0) is 35.7. The molecule has 1 aliphatic heterocycles. The summed E-state index contributed by atoms with van der Waals surface area (Å²) in [5.74, 6) is 0.100. The van der Waals surface area contributed by atoms with Crippen LogP contribution in [-0.2, 0) is 19.1 Å². The number of aromatic hydroxyl groups is 1. The maximum absolute atomic E-state index is 13.2. The molecule has 2 heterocycles. The molecule has 1 saturated heterocycles. The Kier molecular flexibility index (Phi) is 19.5. The zero-order valence-electron chi connectivity index (χ0n) is 29.8. The number of rotatable bonds is 9. The Morgan fingerprint density at radius 1 is 1.00 bits per heavy atom. The summed E-state index contributed by atoms with van der Waals surface area (Å²) >= 11 is 7.19. The summed E-state index contributed by atoms with van der Waals surface area (Å²) in [6.45, 7) is 20.8. The number of phenolic OH excluding ortho intramolecular Hbond substituents is 1. The van der Waals surface area contributed by atoms with Gasteiger partial charge in [-0.1, -0.05) is 110 Å². The SMILES string of the molecule is CC.CCCC.CCCCC(C)C.CCc1cc(C(F)(F)F)cc2sc(NC(=O)c3cc(Cl)cc(CN4CCN(C)CC4)c3O)nc12. The van der Waals surface area contributed by atoms with Gasteiger partial charge in [0.05, 0.1) is 21.3 Å². The number of piperazine rings is 1. The van der Waals surface area contributed by atoms with Gasteiger partial charge in [-0.25, -0.2) is 4.98 Å². The second-order valence-electron chi connectivity index (χ2n) is 11.9. The smallest absolute Gasteiger partial charge is 0.416 e. The van der Waals surface area contributed by atoms with E-state index < -0.39 is 17.6 Å². The normalized spacial score (nSPS) is 13.7. The summed E-state index contributed by atoms with van der Waals surface area (Å²) in [6.07, 6.45) is 2.67. The molecule has 1 fully saturated rings. The fraction of sp³-hybridized carbons (Fsp3) is 0.611. The Labute approximate surface area is 289 Å². The van der Waals surface area contributed by atoms with Gasteiger partial charge in [-0.3, -0.25) is 15.0 Å². The minimum atomic E-state index is -4.47. The molecule has 0 aliphatic carbocycles. The first-order valence-corrected chi connectivity index (χ1v) is 18.2. The first kappa shape index (κ1) is 42.6. The van der Waals surface area contributed by atoms with Crippen LogP contribution in [0, 0.1) is 5.92 Å². The molecule has 2 aromatic carbocycles. The third kappa shape index (κ3) is 14.3. The molecule has 3 aromatic rings. The minimum absolute atomic E-state index is 0.0115. The lowest BCUT2D eigenvalue weighted by molar-refractivity contribution is -0.137. The first-order valence-electron chi connectivity index (χ1n) is 17.0. The topological polar surface area (TPSA) is 68.7 Å². The minimum Gasteiger partial charge on any atom is -0.507 e. The van der Waals surface area contributed by atoms with Crippen LogP contribution in [0.25, 0.3) is 10.2 Å². The summed E-state index contributed by atoms with van der Waals surface area (Å²) in [4.78, 5) is 21.7. The second-order valence-corrected chi connectivity index (χ2v) is 13.4. The van der Waals surface area contributed by atoms with E-state index in [1.54, 1.807) is 13.0 Å². The Bertz CT molecular complexity index is 1350. The van der Waals surface area contributed by atoms with E-state index in [1.165, 1.54) is 38.2 Å². The first-order chi connectivity index (χ1) is 22.2. The number of fused-ring (bicyclic) bond motifs is 1. The molecule has 0 atom stereocenters. The molecular weight excluding hydrogens is 645 g/mol. The van der Waals surface area contributed by atoms with Crippen molar-refractivity contribution in [1.82, 2.24) is 14.8 Å². The maximum Gasteiger partial charge on any atom is 0.416 e. The number of thiazole rings is 1. The standard InChI is InChI=1S/C23H24ClF3N4O2S.C7H16.C4H10.C2H6/c1-3-13-8-15(23(25,26)27)10-18-19(13)28-22(34-18)29-21(33)17-11-16(24)9-14(20(17)32)12-31-6-4-30(2)5-7-31;1-4-5-6-7(2)3;1-3-4-2;1-2/h8-11,32H,3-7,12H2,1-2H3,(H,28,29,33);7H,4-6H2,1-3H3;3-4H2,1-2H3;1-2H3. The number of amides is 1. The Hall–Kier alpha value is -2.40. The number of hydrogen-bond acceptors (Lipinski definition) is 6. The van der Waals surface area contributed by atoms with E-state index in [2.05, 4.69) is 54.7 Å². The lowest BCUT2D eigenvalue weighted by Crippen LogP contribution is -2.43. The van der Waals surface area contributed by atoms with Gasteiger partial charge >= 0.3 is 6.18 Å². The van der Waals surface area contributed by atoms with Gasteiger partial charge in [0.1, 0.15) is 5.75 Å². The van der Waals surface area contributed by atoms with Crippen molar-refractivity contribution >= 4 is 44.2 Å². The van der Waals surface area contributed by atoms with Gasteiger partial charge in [-0.15, -0.1) is 0 Å². The van der Waals surface area contributed by atoms with Crippen LogP contribution in [0.15, 0.2) is 24.3 Å². The van der Waals surface area contributed by atoms with E-state index in [4.69, 9.17) is 11.6 Å². The molecule has 0 radical (unpaired) electrons. The van der Waals surface area contributed by atoms with E-state index in [1.807, 2.05) is 20.9 Å². The number of likely N-dealkylation sites (N-methyl/N-ethyl adjacent to an activating group) is 1. The van der Waals surface area contributed by atoms with Crippen LogP contribution in [-0.4, -0.2) is 59.0 Å². The molecule has 6 nitrogen and oxygen atoms in total. The predicted molar refractivity (Wildman–Crippen MR) is 194 cm³/mol. The summed E-state index contributed by atoms with van der Waals surface area (Å²) in [5.41, 5.74) is 0.639. The molecule has 4 rings (SSSR count). The van der Waals surface area contributed by atoms with Crippen molar-refractivity contribution in [2.24, 2.45) is 5.92 Å². The van der Waals surface area contributed by atoms with E-state index in [-0.39, 0.29) is 16.4 Å². The number of carbonyl (C=O) groups is 1. The lowest BCUT2D eigenvalue weighted by atomic mass is 10.1. The highest BCUT2D eigenvalue weighted by molar-refractivity contribution is 7.22. The molecule has 11 heteroatoms. The van der Waals surface area contributed by atoms with Crippen LogP contribution >= 0.6 is 22.9 Å². The highest BCUT2D eigenvalue weighted by Gasteiger charge is 2.32. The molecule has 0 spiro atoms. The Morgan fingerprint density at radius 3 is 2.11 bits per heavy atom. The number of alkyl halides is 3. The molecule has 47 heavy (non-hydrogen) atoms. The number of hydrogen-bond donors (Lipinski definition) is 2. The van der Waals surface area contributed by atoms with Crippen molar-refractivity contribution in [3.63, 3.8) is 0 Å². The molecule has 1 aromatic heterocycles. The number of halogens is 4. The van der Waals surface area contributed by atoms with Gasteiger partial charge in [0.2, 0.25) is 0 Å². The van der Waals surface area contributed by atoms with E-state index in [0.717, 1.165) is 55.6 Å². The maximum atomic E-state index is 13.2. The fourth-order valence-electron chi connectivity index (χ4n) is 4.56. The summed E-state index contributed by atoms with van der Waals surface area (Å²) in [7, 11) is 2.05. The average molecular weight is 701 g/mol. The number of unbranched alkanes of at least 4 members (excludes halogenated alkanes) is 2. The van der Waals surface area contributed by atoms with Crippen molar-refractivity contribution in [1.29, 1.82) is 0 Å². The molecule has 0 saturated carbocycles. The monoisotopic (exact) mass is 700 g/mol. The summed E-state index contributed by atoms with van der Waals surface area (Å²) in [6, 6.07) is 5.12. The van der Waals surface area contributed by atoms with Crippen LogP contribution in [0.2, 0.25) is 5.02 Å². The number of phenols is 1. The number of benzene rings is 2. The number of nitrogens with one attached hydrogen (secondary N) is 1. The van der Waals surface area contributed by atoms with Crippen molar-refractivity contribution in [3.8, 4) is 5.75 Å². The van der Waals surface area contributed by atoms with Crippen LogP contribution < -0.4 is 5.32 Å². The number of aromatic nitrogens is 1. The van der Waals surface area contributed by atoms with Gasteiger partial charge in [0, 0.05) is 43.3 Å². The second kappa shape index (κ2) is 21.5. The quantitative estimate of drug-likeness (QED) is 0.232. The van der Waals surface area contributed by atoms with Gasteiger partial charge in [0.25, 0.3) is 5.91 Å². The molecule has 0 bridgehead atoms. The van der Waals surface area contributed by atoms with E-state index in [9.17, 15) is 23.1 Å². The molecule has 266 valence electrons. The molecule has 2 N–H and O–H groups in total. The van der Waals surface area contributed by atoms with Crippen LogP contribution in [0.5, 0.6) is 5.75 Å². The van der Waals surface area contributed by atoms with Gasteiger partial charge in [-0.2, -0.15) is 13.2 Å². The summed E-state index contributed by atoms with van der Waals surface area (Å²) in [5, 5.41) is 13.9. The highest BCUT2D eigenvalue weighted by Crippen LogP contribution is 2.37. The number of anilines is 1. The molecule has 0 unspecified atom stereocenters. The number of carbonyl (C=O) groups excluding carboxylic acids is 1. The van der Waals surface area contributed by atoms with Gasteiger partial charge < -0.3 is 10.0 Å². The van der Waals surface area contributed by atoms with Crippen molar-refractivity contribution in [3.05, 3.63) is 51.5 Å². The molecule has 1 aliphatic rings. The lowest BCUT2D eigenvalue weighted by Gasteiger charge is -2.32. The van der Waals surface area contributed by atoms with Crippen molar-refractivity contribution in [2.45, 2.75) is 107 Å². The Balaban J connectivity index is 0.000000726.